The van der Waals surface area contributed by atoms with Crippen LogP contribution in [0.2, 0.25) is 0 Å². The second kappa shape index (κ2) is 6.13. The van der Waals surface area contributed by atoms with Gasteiger partial charge in [0.05, 0.1) is 0 Å². The number of hydrogen-bond donors (Lipinski definition) is 0. The summed E-state index contributed by atoms with van der Waals surface area (Å²) >= 11 is 0. The Labute approximate surface area is 132 Å². The molecule has 3 aromatic carbocycles. The van der Waals surface area contributed by atoms with E-state index < -0.39 is 0 Å². The van der Waals surface area contributed by atoms with Gasteiger partial charge in [0.15, 0.2) is 0 Å². The van der Waals surface area contributed by atoms with Gasteiger partial charge >= 0.3 is 0 Å². The third kappa shape index (κ3) is 2.80. The van der Waals surface area contributed by atoms with E-state index in [1.54, 1.807) is 0 Å². The zero-order chi connectivity index (χ0) is 11.5. The zero-order valence-electron chi connectivity index (χ0n) is 9.95. The second-order valence-electron chi connectivity index (χ2n) is 3.95. The van der Waals surface area contributed by atoms with Gasteiger partial charge in [-0.1, -0.05) is 72.8 Å². The van der Waals surface area contributed by atoms with E-state index in [0.29, 0.717) is 0 Å². The summed E-state index contributed by atoms with van der Waals surface area (Å²) in [6, 6.07) is 24.6. The Kier molecular flexibility index (Phi) is 4.51. The molecule has 1 radical (unpaired) electrons. The summed E-state index contributed by atoms with van der Waals surface area (Å²) in [6.45, 7) is 0. The smallest absolute Gasteiger partial charge is 0 e. The first-order chi connectivity index (χ1) is 8.43. The van der Waals surface area contributed by atoms with Gasteiger partial charge in [0.25, 0.3) is 0 Å². The van der Waals surface area contributed by atoms with E-state index in [1.165, 1.54) is 10.8 Å². The molecule has 0 saturated carbocycles. The fraction of sp³-hybridized carbons (Fsp3) is 0. The molecule has 0 atom stereocenters. The molecule has 0 N–H and O–H groups in total. The van der Waals surface area contributed by atoms with Gasteiger partial charge in [-0.2, -0.15) is 0 Å². The molecule has 0 aliphatic heterocycles. The molecule has 0 amide bonds. The van der Waals surface area contributed by atoms with E-state index in [2.05, 4.69) is 35.6 Å². The topological polar surface area (TPSA) is 14.1 Å². The number of hydrogen-bond acceptors (Lipinski definition) is 0. The summed E-state index contributed by atoms with van der Waals surface area (Å²) in [4.78, 5) is 0. The van der Waals surface area contributed by atoms with Crippen LogP contribution in [0.5, 0.6) is 0 Å². The molecule has 0 unspecified atom stereocenters. The Hall–Kier alpha value is -1.18. The summed E-state index contributed by atoms with van der Waals surface area (Å²) in [5.41, 5.74) is 2.01. The molecule has 3 aromatic rings. The number of benzene rings is 3. The van der Waals surface area contributed by atoms with Crippen molar-refractivity contribution in [3.63, 3.8) is 0 Å². The zero-order valence-corrected chi connectivity index (χ0v) is 12.8. The van der Waals surface area contributed by atoms with Crippen LogP contribution in [0.15, 0.2) is 72.8 Å². The first-order valence-corrected chi connectivity index (χ1v) is 5.68. The number of fused-ring (bicyclic) bond motifs is 1. The SMILES string of the molecule is [Y].c1ccc([N-]c2cccc3ccccc23)cc1. The summed E-state index contributed by atoms with van der Waals surface area (Å²) in [5, 5.41) is 7.09. The maximum absolute atomic E-state index is 4.67. The molecular formula is C16H12NY-. The van der Waals surface area contributed by atoms with Crippen LogP contribution in [0.25, 0.3) is 16.1 Å². The quantitative estimate of drug-likeness (QED) is 0.620. The second-order valence-corrected chi connectivity index (χ2v) is 3.95. The van der Waals surface area contributed by atoms with Crippen LogP contribution in [0.3, 0.4) is 0 Å². The van der Waals surface area contributed by atoms with Gasteiger partial charge in [-0.15, -0.1) is 11.4 Å². The van der Waals surface area contributed by atoms with Crippen molar-refractivity contribution in [1.82, 2.24) is 0 Å². The van der Waals surface area contributed by atoms with Gasteiger partial charge in [0.2, 0.25) is 0 Å². The minimum Gasteiger partial charge on any atom is -0.657 e. The van der Waals surface area contributed by atoms with Crippen LogP contribution >= 0.6 is 0 Å². The van der Waals surface area contributed by atoms with Crippen molar-refractivity contribution >= 4 is 22.1 Å². The van der Waals surface area contributed by atoms with E-state index in [-0.39, 0.29) is 32.7 Å². The monoisotopic (exact) mass is 307 g/mol. The van der Waals surface area contributed by atoms with Crippen molar-refractivity contribution in [3.05, 3.63) is 78.1 Å². The Balaban J connectivity index is 0.00000120. The van der Waals surface area contributed by atoms with Crippen LogP contribution < -0.4 is 0 Å². The molecule has 0 aliphatic rings. The average Bonchev–Trinajstić information content (AvgIpc) is 2.40. The summed E-state index contributed by atoms with van der Waals surface area (Å²) in [6.07, 6.45) is 0. The summed E-state index contributed by atoms with van der Waals surface area (Å²) < 4.78 is 0. The predicted molar refractivity (Wildman–Crippen MR) is 73.1 cm³/mol. The maximum atomic E-state index is 4.67. The standard InChI is InChI=1S/C16H12N.Y/c1-2-9-14(10-3-1)17-16-12-6-8-13-7-4-5-11-15(13)16;/h1-12H;/q-1;. The van der Waals surface area contributed by atoms with Gasteiger partial charge in [-0.3, -0.25) is 0 Å². The fourth-order valence-corrected chi connectivity index (χ4v) is 1.95. The predicted octanol–water partition coefficient (Wildman–Crippen LogP) is 5.17. The number of para-hydroxylation sites is 1. The molecule has 0 heterocycles. The summed E-state index contributed by atoms with van der Waals surface area (Å²) in [5.74, 6) is 0. The fourth-order valence-electron chi connectivity index (χ4n) is 1.95. The molecule has 2 heteroatoms. The van der Waals surface area contributed by atoms with Crippen molar-refractivity contribution in [2.45, 2.75) is 0 Å². The number of nitrogens with zero attached hydrogens (tertiary/aromatic N) is 1. The van der Waals surface area contributed by atoms with Gasteiger partial charge in [0, 0.05) is 32.7 Å². The van der Waals surface area contributed by atoms with Gasteiger partial charge in [0.1, 0.15) is 0 Å². The van der Waals surface area contributed by atoms with Crippen LogP contribution in [-0.2, 0) is 32.7 Å². The van der Waals surface area contributed by atoms with Crippen LogP contribution in [0.1, 0.15) is 0 Å². The third-order valence-corrected chi connectivity index (χ3v) is 2.77. The van der Waals surface area contributed by atoms with Crippen LogP contribution in [0, 0.1) is 0 Å². The normalized spacial score (nSPS) is 9.78. The van der Waals surface area contributed by atoms with Crippen LogP contribution in [0.4, 0.5) is 11.4 Å². The van der Waals surface area contributed by atoms with E-state index in [1.807, 2.05) is 42.5 Å². The van der Waals surface area contributed by atoms with E-state index in [4.69, 9.17) is 0 Å². The first kappa shape index (κ1) is 13.3. The van der Waals surface area contributed by atoms with Gasteiger partial charge in [-0.05, 0) is 10.8 Å². The molecular weight excluding hydrogens is 295 g/mol. The van der Waals surface area contributed by atoms with Crippen molar-refractivity contribution in [1.29, 1.82) is 0 Å². The van der Waals surface area contributed by atoms with Crippen molar-refractivity contribution in [2.24, 2.45) is 0 Å². The molecule has 3 rings (SSSR count). The van der Waals surface area contributed by atoms with Crippen LogP contribution in [-0.4, -0.2) is 0 Å². The Morgan fingerprint density at radius 2 is 1.28 bits per heavy atom. The van der Waals surface area contributed by atoms with Crippen molar-refractivity contribution < 1.29 is 32.7 Å². The van der Waals surface area contributed by atoms with Gasteiger partial charge in [-0.25, -0.2) is 0 Å². The Morgan fingerprint density at radius 1 is 0.611 bits per heavy atom. The van der Waals surface area contributed by atoms with E-state index in [9.17, 15) is 0 Å². The molecule has 0 fully saturated rings. The molecule has 1 nitrogen and oxygen atoms in total. The van der Waals surface area contributed by atoms with Gasteiger partial charge < -0.3 is 5.32 Å². The first-order valence-electron chi connectivity index (χ1n) is 5.68. The molecule has 0 aliphatic carbocycles. The minimum absolute atomic E-state index is 0. The largest absolute Gasteiger partial charge is 0.657 e. The minimum atomic E-state index is 0. The Morgan fingerprint density at radius 3 is 2.11 bits per heavy atom. The molecule has 18 heavy (non-hydrogen) atoms. The van der Waals surface area contributed by atoms with Crippen molar-refractivity contribution in [3.8, 4) is 0 Å². The van der Waals surface area contributed by atoms with E-state index in [0.717, 1.165) is 11.4 Å². The van der Waals surface area contributed by atoms with E-state index >= 15 is 0 Å². The summed E-state index contributed by atoms with van der Waals surface area (Å²) in [7, 11) is 0. The Bertz CT molecular complexity index is 629. The van der Waals surface area contributed by atoms with Crippen molar-refractivity contribution in [2.75, 3.05) is 0 Å². The number of rotatable bonds is 2. The molecule has 0 aromatic heterocycles. The third-order valence-electron chi connectivity index (χ3n) is 2.77. The maximum Gasteiger partial charge on any atom is 0 e. The molecule has 85 valence electrons. The average molecular weight is 307 g/mol. The molecule has 0 bridgehead atoms. The molecule has 0 saturated heterocycles. The molecule has 0 spiro atoms.